The van der Waals surface area contributed by atoms with Gasteiger partial charge in [-0.3, -0.25) is 4.79 Å². The van der Waals surface area contributed by atoms with Gasteiger partial charge in [-0.15, -0.1) is 0 Å². The molecule has 0 aliphatic heterocycles. The number of nitrogens with zero attached hydrogens (tertiary/aromatic N) is 1. The van der Waals surface area contributed by atoms with Gasteiger partial charge in [0.15, 0.2) is 0 Å². The summed E-state index contributed by atoms with van der Waals surface area (Å²) in [7, 11) is 2.15. The Labute approximate surface area is 116 Å². The van der Waals surface area contributed by atoms with Gasteiger partial charge in [-0.25, -0.2) is 0 Å². The second-order valence-corrected chi connectivity index (χ2v) is 7.42. The van der Waals surface area contributed by atoms with Gasteiger partial charge in [-0.1, -0.05) is 13.8 Å². The molecule has 19 heavy (non-hydrogen) atoms. The lowest BCUT2D eigenvalue weighted by molar-refractivity contribution is -0.143. The number of carboxylic acid groups (broad SMARTS) is 1. The molecule has 4 heteroatoms. The summed E-state index contributed by atoms with van der Waals surface area (Å²) in [4.78, 5) is 13.6. The Morgan fingerprint density at radius 2 is 1.68 bits per heavy atom. The van der Waals surface area contributed by atoms with Crippen LogP contribution < -0.4 is 5.73 Å². The fourth-order valence-electron chi connectivity index (χ4n) is 3.68. The summed E-state index contributed by atoms with van der Waals surface area (Å²) >= 11 is 0. The summed E-state index contributed by atoms with van der Waals surface area (Å²) in [5.41, 5.74) is 5.46. The van der Waals surface area contributed by atoms with E-state index in [1.807, 2.05) is 0 Å². The fraction of sp³-hybridized carbons (Fsp3) is 0.933. The Kier molecular flexibility index (Phi) is 3.94. The largest absolute Gasteiger partial charge is 0.480 e. The van der Waals surface area contributed by atoms with Crippen molar-refractivity contribution < 1.29 is 9.90 Å². The smallest absolute Gasteiger partial charge is 0.323 e. The highest BCUT2D eigenvalue weighted by molar-refractivity contribution is 5.79. The van der Waals surface area contributed by atoms with Crippen LogP contribution in [0.15, 0.2) is 0 Å². The molecule has 0 aromatic heterocycles. The zero-order chi connectivity index (χ0) is 14.3. The molecule has 4 nitrogen and oxygen atoms in total. The number of carbonyl (C=O) groups is 1. The molecule has 0 saturated heterocycles. The van der Waals surface area contributed by atoms with E-state index in [9.17, 15) is 9.90 Å². The van der Waals surface area contributed by atoms with Crippen molar-refractivity contribution in [2.24, 2.45) is 11.1 Å². The lowest BCUT2D eigenvalue weighted by Crippen LogP contribution is -2.48. The zero-order valence-corrected chi connectivity index (χ0v) is 12.5. The quantitative estimate of drug-likeness (QED) is 0.823. The minimum absolute atomic E-state index is 0.340. The minimum Gasteiger partial charge on any atom is -0.480 e. The molecule has 2 atom stereocenters. The maximum absolute atomic E-state index is 11.2. The lowest BCUT2D eigenvalue weighted by atomic mass is 9.75. The first kappa shape index (κ1) is 14.8. The average molecular weight is 268 g/mol. The van der Waals surface area contributed by atoms with Crippen molar-refractivity contribution in [2.75, 3.05) is 7.05 Å². The third kappa shape index (κ3) is 3.11. The first-order chi connectivity index (χ1) is 8.73. The van der Waals surface area contributed by atoms with E-state index in [2.05, 4.69) is 25.8 Å². The van der Waals surface area contributed by atoms with E-state index >= 15 is 0 Å². The molecule has 2 aliphatic carbocycles. The van der Waals surface area contributed by atoms with Crippen molar-refractivity contribution in [1.29, 1.82) is 0 Å². The van der Waals surface area contributed by atoms with Crippen molar-refractivity contribution in [1.82, 2.24) is 4.90 Å². The molecular weight excluding hydrogens is 240 g/mol. The van der Waals surface area contributed by atoms with Crippen LogP contribution in [-0.4, -0.2) is 40.6 Å². The molecule has 0 radical (unpaired) electrons. The van der Waals surface area contributed by atoms with Crippen LogP contribution in [-0.2, 0) is 4.79 Å². The molecule has 2 rings (SSSR count). The van der Waals surface area contributed by atoms with Crippen LogP contribution in [0.5, 0.6) is 0 Å². The summed E-state index contributed by atoms with van der Waals surface area (Å²) in [6.45, 7) is 4.68. The molecule has 0 heterocycles. The van der Waals surface area contributed by atoms with Gasteiger partial charge in [0.1, 0.15) is 5.54 Å². The predicted molar refractivity (Wildman–Crippen MR) is 76.0 cm³/mol. The van der Waals surface area contributed by atoms with Crippen LogP contribution >= 0.6 is 0 Å². The van der Waals surface area contributed by atoms with Crippen LogP contribution in [0.25, 0.3) is 0 Å². The van der Waals surface area contributed by atoms with E-state index in [1.54, 1.807) is 0 Å². The molecule has 0 aromatic rings. The van der Waals surface area contributed by atoms with Crippen molar-refractivity contribution in [3.05, 3.63) is 0 Å². The van der Waals surface area contributed by atoms with E-state index in [4.69, 9.17) is 5.73 Å². The number of hydrogen-bond acceptors (Lipinski definition) is 3. The van der Waals surface area contributed by atoms with Crippen molar-refractivity contribution in [3.63, 3.8) is 0 Å². The summed E-state index contributed by atoms with van der Waals surface area (Å²) in [5, 5.41) is 9.21. The highest BCUT2D eigenvalue weighted by Gasteiger charge is 2.44. The van der Waals surface area contributed by atoms with Gasteiger partial charge in [0.2, 0.25) is 0 Å². The molecule has 2 aliphatic rings. The third-order valence-corrected chi connectivity index (χ3v) is 5.41. The fourth-order valence-corrected chi connectivity index (χ4v) is 3.68. The first-order valence-electron chi connectivity index (χ1n) is 7.48. The van der Waals surface area contributed by atoms with Crippen molar-refractivity contribution >= 4 is 5.97 Å². The van der Waals surface area contributed by atoms with Crippen LogP contribution in [0, 0.1) is 5.41 Å². The normalized spacial score (nSPS) is 35.7. The molecule has 2 saturated carbocycles. The highest BCUT2D eigenvalue weighted by Crippen LogP contribution is 2.39. The topological polar surface area (TPSA) is 66.6 Å². The molecule has 0 amide bonds. The number of carboxylic acids is 1. The molecule has 2 fully saturated rings. The summed E-state index contributed by atoms with van der Waals surface area (Å²) in [6, 6.07) is 0.946. The SMILES string of the molecule is CN(C1CCC(C)(C)CC1)C1CCC(N)(C(=O)O)C1. The van der Waals surface area contributed by atoms with Gasteiger partial charge in [0.25, 0.3) is 0 Å². The highest BCUT2D eigenvalue weighted by atomic mass is 16.4. The molecule has 0 bridgehead atoms. The monoisotopic (exact) mass is 268 g/mol. The third-order valence-electron chi connectivity index (χ3n) is 5.41. The Bertz CT molecular complexity index is 346. The average Bonchev–Trinajstić information content (AvgIpc) is 2.72. The number of aliphatic carboxylic acids is 1. The minimum atomic E-state index is -0.993. The van der Waals surface area contributed by atoms with Gasteiger partial charge < -0.3 is 15.7 Å². The van der Waals surface area contributed by atoms with Crippen molar-refractivity contribution in [2.45, 2.75) is 76.4 Å². The molecule has 3 N–H and O–H groups in total. The molecular formula is C15H28N2O2. The van der Waals surface area contributed by atoms with E-state index in [0.717, 1.165) is 6.42 Å². The summed E-state index contributed by atoms with van der Waals surface area (Å²) < 4.78 is 0. The van der Waals surface area contributed by atoms with Gasteiger partial charge in [0, 0.05) is 12.1 Å². The van der Waals surface area contributed by atoms with E-state index < -0.39 is 11.5 Å². The predicted octanol–water partition coefficient (Wildman–Crippen LogP) is 2.22. The number of rotatable bonds is 3. The Balaban J connectivity index is 1.92. The van der Waals surface area contributed by atoms with Gasteiger partial charge in [0.05, 0.1) is 0 Å². The van der Waals surface area contributed by atoms with Gasteiger partial charge >= 0.3 is 5.97 Å². The van der Waals surface area contributed by atoms with E-state index in [0.29, 0.717) is 30.3 Å². The summed E-state index contributed by atoms with van der Waals surface area (Å²) in [6.07, 6.45) is 7.10. The molecule has 2 unspecified atom stereocenters. The van der Waals surface area contributed by atoms with E-state index in [-0.39, 0.29) is 0 Å². The van der Waals surface area contributed by atoms with E-state index in [1.165, 1.54) is 25.7 Å². The van der Waals surface area contributed by atoms with Crippen molar-refractivity contribution in [3.8, 4) is 0 Å². The Morgan fingerprint density at radius 3 is 2.16 bits per heavy atom. The molecule has 0 aromatic carbocycles. The van der Waals surface area contributed by atoms with Gasteiger partial charge in [-0.05, 0) is 57.4 Å². The molecule has 0 spiro atoms. The standard InChI is InChI=1S/C15H28N2O2/c1-14(2)7-4-11(5-8-14)17(3)12-6-9-15(16,10-12)13(18)19/h11-12H,4-10,16H2,1-3H3,(H,18,19). The van der Waals surface area contributed by atoms with Gasteiger partial charge in [-0.2, -0.15) is 0 Å². The number of nitrogens with two attached hydrogens (primary N) is 1. The van der Waals surface area contributed by atoms with Crippen LogP contribution in [0.3, 0.4) is 0 Å². The zero-order valence-electron chi connectivity index (χ0n) is 12.5. The summed E-state index contributed by atoms with van der Waals surface area (Å²) in [5.74, 6) is -0.840. The van der Waals surface area contributed by atoms with Crippen LogP contribution in [0.4, 0.5) is 0 Å². The Hall–Kier alpha value is -0.610. The maximum atomic E-state index is 11.2. The lowest BCUT2D eigenvalue weighted by Gasteiger charge is -2.41. The first-order valence-corrected chi connectivity index (χ1v) is 7.48. The number of hydrogen-bond donors (Lipinski definition) is 2. The second kappa shape index (κ2) is 5.06. The van der Waals surface area contributed by atoms with Crippen LogP contribution in [0.1, 0.15) is 58.8 Å². The van der Waals surface area contributed by atoms with Crippen LogP contribution in [0.2, 0.25) is 0 Å². The molecule has 110 valence electrons. The maximum Gasteiger partial charge on any atom is 0.323 e. The second-order valence-electron chi connectivity index (χ2n) is 7.42. The Morgan fingerprint density at radius 1 is 1.16 bits per heavy atom.